The predicted molar refractivity (Wildman–Crippen MR) is 73.0 cm³/mol. The van der Waals surface area contributed by atoms with Crippen molar-refractivity contribution < 1.29 is 19.8 Å². The van der Waals surface area contributed by atoms with Gasteiger partial charge in [0.2, 0.25) is 0 Å². The number of aromatic carboxylic acids is 1. The van der Waals surface area contributed by atoms with Crippen molar-refractivity contribution in [2.45, 2.75) is 6.54 Å². The first-order chi connectivity index (χ1) is 10.1. The highest BCUT2D eigenvalue weighted by Crippen LogP contribution is 2.27. The number of carboxylic acid groups (broad SMARTS) is 1. The summed E-state index contributed by atoms with van der Waals surface area (Å²) < 4.78 is 0. The molecule has 0 fully saturated rings. The number of phenols is 1. The van der Waals surface area contributed by atoms with Crippen molar-refractivity contribution in [1.82, 2.24) is 15.5 Å². The minimum atomic E-state index is -1.28. The molecule has 0 aliphatic heterocycles. The first-order valence-electron chi connectivity index (χ1n) is 5.94. The van der Waals surface area contributed by atoms with Crippen molar-refractivity contribution in [3.63, 3.8) is 0 Å². The maximum absolute atomic E-state index is 11.7. The second kappa shape index (κ2) is 6.33. The van der Waals surface area contributed by atoms with E-state index >= 15 is 0 Å². The number of carbonyl (C=O) groups excluding carboxylic acids is 1. The highest BCUT2D eigenvalue weighted by molar-refractivity contribution is 5.97. The zero-order chi connectivity index (χ0) is 15.2. The summed E-state index contributed by atoms with van der Waals surface area (Å²) in [6, 6.07) is 6.82. The van der Waals surface area contributed by atoms with Crippen LogP contribution >= 0.6 is 0 Å². The summed E-state index contributed by atoms with van der Waals surface area (Å²) in [6.45, 7) is 0.152. The molecule has 0 aliphatic rings. The van der Waals surface area contributed by atoms with E-state index in [-0.39, 0.29) is 17.8 Å². The summed E-state index contributed by atoms with van der Waals surface area (Å²) in [5.41, 5.74) is 0.282. The van der Waals surface area contributed by atoms with Gasteiger partial charge in [-0.25, -0.2) is 9.59 Å². The van der Waals surface area contributed by atoms with Crippen LogP contribution in [0.4, 0.5) is 10.5 Å². The molecule has 0 saturated carbocycles. The van der Waals surface area contributed by atoms with Crippen molar-refractivity contribution in [1.29, 1.82) is 0 Å². The van der Waals surface area contributed by atoms with Crippen molar-refractivity contribution >= 4 is 17.7 Å². The number of carboxylic acids is 1. The smallest absolute Gasteiger partial charge is 0.339 e. The van der Waals surface area contributed by atoms with Crippen LogP contribution in [-0.4, -0.2) is 32.4 Å². The molecule has 1 aromatic carbocycles. The largest absolute Gasteiger partial charge is 0.505 e. The van der Waals surface area contributed by atoms with Crippen LogP contribution in [0.2, 0.25) is 0 Å². The lowest BCUT2D eigenvalue weighted by Crippen LogP contribution is -2.28. The fraction of sp³-hybridized carbons (Fsp3) is 0.0769. The van der Waals surface area contributed by atoms with E-state index in [4.69, 9.17) is 5.11 Å². The Morgan fingerprint density at radius 1 is 1.19 bits per heavy atom. The van der Waals surface area contributed by atoms with Gasteiger partial charge in [-0.15, -0.1) is 0 Å². The fourth-order valence-corrected chi connectivity index (χ4v) is 1.58. The highest BCUT2D eigenvalue weighted by Gasteiger charge is 2.14. The molecule has 21 heavy (non-hydrogen) atoms. The molecule has 8 nitrogen and oxygen atoms in total. The zero-order valence-electron chi connectivity index (χ0n) is 10.8. The van der Waals surface area contributed by atoms with E-state index in [2.05, 4.69) is 20.8 Å². The monoisotopic (exact) mass is 288 g/mol. The molecule has 0 radical (unpaired) electrons. The molecule has 2 amide bonds. The third-order valence-electron chi connectivity index (χ3n) is 2.57. The summed E-state index contributed by atoms with van der Waals surface area (Å²) >= 11 is 0. The third kappa shape index (κ3) is 3.66. The average Bonchev–Trinajstić information content (AvgIpc) is 2.48. The van der Waals surface area contributed by atoms with Gasteiger partial charge in [-0.05, 0) is 24.3 Å². The van der Waals surface area contributed by atoms with Crippen LogP contribution in [0, 0.1) is 0 Å². The number of aromatic hydroxyl groups is 1. The maximum atomic E-state index is 11.7. The van der Waals surface area contributed by atoms with Crippen LogP contribution in [-0.2, 0) is 6.54 Å². The molecule has 2 aromatic rings. The SMILES string of the molecule is O=C(NCc1cccnn1)Nc1cccc(C(=O)O)c1O. The first kappa shape index (κ1) is 14.3. The van der Waals surface area contributed by atoms with Crippen molar-refractivity contribution in [3.05, 3.63) is 47.8 Å². The summed E-state index contributed by atoms with van der Waals surface area (Å²) in [7, 11) is 0. The molecule has 2 rings (SSSR count). The van der Waals surface area contributed by atoms with Crippen LogP contribution in [0.1, 0.15) is 16.1 Å². The van der Waals surface area contributed by atoms with E-state index in [1.165, 1.54) is 24.4 Å². The molecular weight excluding hydrogens is 276 g/mol. The first-order valence-corrected chi connectivity index (χ1v) is 5.94. The molecule has 0 aliphatic carbocycles. The molecule has 108 valence electrons. The lowest BCUT2D eigenvalue weighted by molar-refractivity contribution is 0.0693. The van der Waals surface area contributed by atoms with E-state index in [0.29, 0.717) is 5.69 Å². The van der Waals surface area contributed by atoms with Gasteiger partial charge < -0.3 is 20.8 Å². The number of benzene rings is 1. The summed E-state index contributed by atoms with van der Waals surface area (Å²) in [5.74, 6) is -1.78. The Morgan fingerprint density at radius 3 is 2.67 bits per heavy atom. The Labute approximate surface area is 119 Å². The van der Waals surface area contributed by atoms with E-state index in [1.54, 1.807) is 12.1 Å². The van der Waals surface area contributed by atoms with Gasteiger partial charge in [0, 0.05) is 6.20 Å². The Hall–Kier alpha value is -3.16. The maximum Gasteiger partial charge on any atom is 0.339 e. The second-order valence-electron chi connectivity index (χ2n) is 4.03. The van der Waals surface area contributed by atoms with Gasteiger partial charge in [0.1, 0.15) is 5.56 Å². The van der Waals surface area contributed by atoms with Crippen LogP contribution in [0.15, 0.2) is 36.5 Å². The Morgan fingerprint density at radius 2 is 2.00 bits per heavy atom. The molecule has 0 atom stereocenters. The number of amides is 2. The normalized spacial score (nSPS) is 9.90. The topological polar surface area (TPSA) is 124 Å². The van der Waals surface area contributed by atoms with Gasteiger partial charge in [0.15, 0.2) is 5.75 Å². The van der Waals surface area contributed by atoms with E-state index in [1.807, 2.05) is 0 Å². The minimum absolute atomic E-state index is 0.00606. The van der Waals surface area contributed by atoms with E-state index in [9.17, 15) is 14.7 Å². The quantitative estimate of drug-likeness (QED) is 0.627. The molecule has 4 N–H and O–H groups in total. The number of hydrogen-bond acceptors (Lipinski definition) is 5. The van der Waals surface area contributed by atoms with Crippen LogP contribution in [0.5, 0.6) is 5.75 Å². The number of rotatable bonds is 4. The molecule has 8 heteroatoms. The Kier molecular flexibility index (Phi) is 4.30. The zero-order valence-corrected chi connectivity index (χ0v) is 10.8. The van der Waals surface area contributed by atoms with Crippen molar-refractivity contribution in [3.8, 4) is 5.75 Å². The van der Waals surface area contributed by atoms with Gasteiger partial charge in [0.25, 0.3) is 0 Å². The highest BCUT2D eigenvalue weighted by atomic mass is 16.4. The van der Waals surface area contributed by atoms with Crippen LogP contribution in [0.3, 0.4) is 0 Å². The van der Waals surface area contributed by atoms with Gasteiger partial charge in [-0.3, -0.25) is 0 Å². The van der Waals surface area contributed by atoms with E-state index < -0.39 is 17.7 Å². The number of carbonyl (C=O) groups is 2. The van der Waals surface area contributed by atoms with Gasteiger partial charge >= 0.3 is 12.0 Å². The lowest BCUT2D eigenvalue weighted by Gasteiger charge is -2.10. The van der Waals surface area contributed by atoms with E-state index in [0.717, 1.165) is 0 Å². The minimum Gasteiger partial charge on any atom is -0.505 e. The summed E-state index contributed by atoms with van der Waals surface area (Å²) in [6.07, 6.45) is 1.51. The number of nitrogens with zero attached hydrogens (tertiary/aromatic N) is 2. The molecule has 0 spiro atoms. The second-order valence-corrected chi connectivity index (χ2v) is 4.03. The van der Waals surface area contributed by atoms with Crippen LogP contribution in [0.25, 0.3) is 0 Å². The molecule has 0 unspecified atom stereocenters. The Bertz CT molecular complexity index is 660. The number of para-hydroxylation sites is 1. The number of hydrogen-bond donors (Lipinski definition) is 4. The number of aromatic nitrogens is 2. The standard InChI is InChI=1S/C13H12N4O4/c18-11-9(12(19)20)4-1-5-10(11)16-13(21)14-7-8-3-2-6-15-17-8/h1-6,18H,7H2,(H,19,20)(H2,14,16,21). The fourth-order valence-electron chi connectivity index (χ4n) is 1.58. The van der Waals surface area contributed by atoms with Crippen molar-refractivity contribution in [2.24, 2.45) is 0 Å². The Balaban J connectivity index is 2.00. The van der Waals surface area contributed by atoms with Gasteiger partial charge in [-0.1, -0.05) is 6.07 Å². The van der Waals surface area contributed by atoms with Gasteiger partial charge in [-0.2, -0.15) is 10.2 Å². The predicted octanol–water partition coefficient (Wildman–Crippen LogP) is 1.20. The number of nitrogens with one attached hydrogen (secondary N) is 2. The van der Waals surface area contributed by atoms with Crippen LogP contribution < -0.4 is 10.6 Å². The third-order valence-corrected chi connectivity index (χ3v) is 2.57. The number of anilines is 1. The average molecular weight is 288 g/mol. The molecule has 0 bridgehead atoms. The molecule has 1 heterocycles. The summed E-state index contributed by atoms with van der Waals surface area (Å²) in [4.78, 5) is 22.6. The lowest BCUT2D eigenvalue weighted by atomic mass is 10.2. The van der Waals surface area contributed by atoms with Gasteiger partial charge in [0.05, 0.1) is 17.9 Å². The molecule has 0 saturated heterocycles. The summed E-state index contributed by atoms with van der Waals surface area (Å²) in [5, 5.41) is 31.0. The van der Waals surface area contributed by atoms with Crippen molar-refractivity contribution in [2.75, 3.05) is 5.32 Å². The molecule has 1 aromatic heterocycles. The number of urea groups is 1. The molecular formula is C13H12N4O4.